The summed E-state index contributed by atoms with van der Waals surface area (Å²) in [6.07, 6.45) is 0.427. The molecule has 0 aromatic heterocycles. The summed E-state index contributed by atoms with van der Waals surface area (Å²) in [4.78, 5) is 11.0. The molecular formula is C11H11FN2O. The van der Waals surface area contributed by atoms with Gasteiger partial charge in [-0.15, -0.1) is 0 Å². The number of carbonyl (C=O) groups excluding carboxylic acids is 1. The lowest BCUT2D eigenvalue weighted by molar-refractivity contribution is -0.121. The van der Waals surface area contributed by atoms with Gasteiger partial charge in [-0.2, -0.15) is 5.10 Å². The second-order valence-electron chi connectivity index (χ2n) is 3.64. The largest absolute Gasteiger partial charge is 0.273 e. The summed E-state index contributed by atoms with van der Waals surface area (Å²) in [7, 11) is 0. The van der Waals surface area contributed by atoms with Crippen LogP contribution < -0.4 is 5.43 Å². The number of nitrogens with one attached hydrogen (secondary N) is 1. The second kappa shape index (κ2) is 3.81. The van der Waals surface area contributed by atoms with Crippen LogP contribution in [0.3, 0.4) is 0 Å². The highest BCUT2D eigenvalue weighted by atomic mass is 19.1. The van der Waals surface area contributed by atoms with Crippen LogP contribution in [0.2, 0.25) is 0 Å². The van der Waals surface area contributed by atoms with Gasteiger partial charge in [0, 0.05) is 12.3 Å². The molecule has 15 heavy (non-hydrogen) atoms. The quantitative estimate of drug-likeness (QED) is 0.746. The number of hydrazone groups is 1. The summed E-state index contributed by atoms with van der Waals surface area (Å²) in [5.74, 6) is -0.274. The van der Waals surface area contributed by atoms with Gasteiger partial charge in [-0.05, 0) is 17.7 Å². The molecule has 1 aliphatic heterocycles. The van der Waals surface area contributed by atoms with E-state index in [0.717, 1.165) is 11.3 Å². The molecule has 1 atom stereocenters. The smallest absolute Gasteiger partial charge is 0.240 e. The Balaban J connectivity index is 2.31. The Morgan fingerprint density at radius 3 is 2.67 bits per heavy atom. The van der Waals surface area contributed by atoms with Gasteiger partial charge >= 0.3 is 0 Å². The first-order valence-electron chi connectivity index (χ1n) is 4.79. The first kappa shape index (κ1) is 9.83. The highest BCUT2D eigenvalue weighted by molar-refractivity contribution is 6.05. The van der Waals surface area contributed by atoms with Crippen molar-refractivity contribution in [3.8, 4) is 0 Å². The summed E-state index contributed by atoms with van der Waals surface area (Å²) >= 11 is 0. The standard InChI is InChI=1S/C11H11FN2O/c1-7-6-10(15)13-14-11(7)8-2-4-9(12)5-3-8/h2-5,7H,6H2,1H3,(H,13,15). The summed E-state index contributed by atoms with van der Waals surface area (Å²) in [6, 6.07) is 6.12. The lowest BCUT2D eigenvalue weighted by atomic mass is 9.94. The summed E-state index contributed by atoms with van der Waals surface area (Å²) < 4.78 is 12.7. The Hall–Kier alpha value is -1.71. The molecule has 0 bridgehead atoms. The average molecular weight is 206 g/mol. The van der Waals surface area contributed by atoms with Crippen LogP contribution in [0.1, 0.15) is 18.9 Å². The maximum Gasteiger partial charge on any atom is 0.240 e. The van der Waals surface area contributed by atoms with Gasteiger partial charge in [0.05, 0.1) is 5.71 Å². The SMILES string of the molecule is CC1CC(=O)NN=C1c1ccc(F)cc1. The van der Waals surface area contributed by atoms with E-state index >= 15 is 0 Å². The number of rotatable bonds is 1. The molecule has 1 unspecified atom stereocenters. The zero-order chi connectivity index (χ0) is 10.8. The molecule has 0 fully saturated rings. The number of carbonyl (C=O) groups is 1. The molecule has 0 aliphatic carbocycles. The maximum absolute atomic E-state index is 12.7. The van der Waals surface area contributed by atoms with Gasteiger partial charge < -0.3 is 0 Å². The third-order valence-corrected chi connectivity index (χ3v) is 2.40. The number of nitrogens with zero attached hydrogens (tertiary/aromatic N) is 1. The fourth-order valence-electron chi connectivity index (χ4n) is 1.62. The van der Waals surface area contributed by atoms with Crippen molar-refractivity contribution >= 4 is 11.6 Å². The lowest BCUT2D eigenvalue weighted by Crippen LogP contribution is -2.31. The van der Waals surface area contributed by atoms with Gasteiger partial charge in [-0.3, -0.25) is 4.79 Å². The summed E-state index contributed by atoms with van der Waals surface area (Å²) in [5.41, 5.74) is 4.08. The molecule has 3 nitrogen and oxygen atoms in total. The minimum atomic E-state index is -0.271. The first-order chi connectivity index (χ1) is 7.16. The van der Waals surface area contributed by atoms with E-state index in [1.54, 1.807) is 12.1 Å². The van der Waals surface area contributed by atoms with E-state index in [4.69, 9.17) is 0 Å². The number of benzene rings is 1. The second-order valence-corrected chi connectivity index (χ2v) is 3.64. The van der Waals surface area contributed by atoms with Crippen molar-refractivity contribution in [2.75, 3.05) is 0 Å². The molecule has 1 N–H and O–H groups in total. The van der Waals surface area contributed by atoms with Crippen molar-refractivity contribution < 1.29 is 9.18 Å². The van der Waals surface area contributed by atoms with Gasteiger partial charge in [0.15, 0.2) is 0 Å². The monoisotopic (exact) mass is 206 g/mol. The predicted molar refractivity (Wildman–Crippen MR) is 54.9 cm³/mol. The zero-order valence-electron chi connectivity index (χ0n) is 8.33. The molecule has 1 amide bonds. The number of hydrogen-bond acceptors (Lipinski definition) is 2. The molecule has 0 radical (unpaired) electrons. The molecule has 78 valence electrons. The topological polar surface area (TPSA) is 41.5 Å². The van der Waals surface area contributed by atoms with Gasteiger partial charge in [-0.1, -0.05) is 19.1 Å². The molecule has 0 saturated carbocycles. The number of halogens is 1. The van der Waals surface area contributed by atoms with Gasteiger partial charge in [0.2, 0.25) is 5.91 Å². The van der Waals surface area contributed by atoms with Crippen LogP contribution in [0.4, 0.5) is 4.39 Å². The average Bonchev–Trinajstić information content (AvgIpc) is 2.20. The van der Waals surface area contributed by atoms with E-state index < -0.39 is 0 Å². The maximum atomic E-state index is 12.7. The van der Waals surface area contributed by atoms with Crippen molar-refractivity contribution in [3.63, 3.8) is 0 Å². The van der Waals surface area contributed by atoms with Crippen molar-refractivity contribution in [1.82, 2.24) is 5.43 Å². The molecule has 1 aliphatic rings. The predicted octanol–water partition coefficient (Wildman–Crippen LogP) is 1.69. The summed E-state index contributed by atoms with van der Waals surface area (Å²) in [5, 5.41) is 3.99. The Morgan fingerprint density at radius 1 is 1.40 bits per heavy atom. The van der Waals surface area contributed by atoms with Crippen molar-refractivity contribution in [2.24, 2.45) is 11.0 Å². The molecule has 1 aromatic carbocycles. The first-order valence-corrected chi connectivity index (χ1v) is 4.79. The normalized spacial score (nSPS) is 20.8. The van der Waals surface area contributed by atoms with Crippen LogP contribution in [0.5, 0.6) is 0 Å². The molecule has 4 heteroatoms. The van der Waals surface area contributed by atoms with Crippen LogP contribution in [-0.2, 0) is 4.79 Å². The van der Waals surface area contributed by atoms with Crippen molar-refractivity contribution in [3.05, 3.63) is 35.6 Å². The zero-order valence-corrected chi connectivity index (χ0v) is 8.33. The number of amides is 1. The molecule has 1 aromatic rings. The lowest BCUT2D eigenvalue weighted by Gasteiger charge is -2.18. The Morgan fingerprint density at radius 2 is 2.07 bits per heavy atom. The van der Waals surface area contributed by atoms with E-state index in [0.29, 0.717) is 6.42 Å². The van der Waals surface area contributed by atoms with Crippen LogP contribution in [0.25, 0.3) is 0 Å². The van der Waals surface area contributed by atoms with E-state index in [2.05, 4.69) is 10.5 Å². The fraction of sp³-hybridized carbons (Fsp3) is 0.273. The Labute approximate surface area is 87.0 Å². The van der Waals surface area contributed by atoms with Crippen molar-refractivity contribution in [2.45, 2.75) is 13.3 Å². The minimum absolute atomic E-state index is 0.0733. The summed E-state index contributed by atoms with van der Waals surface area (Å²) in [6.45, 7) is 1.93. The highest BCUT2D eigenvalue weighted by Crippen LogP contribution is 2.16. The minimum Gasteiger partial charge on any atom is -0.273 e. The van der Waals surface area contributed by atoms with Crippen LogP contribution >= 0.6 is 0 Å². The Kier molecular flexibility index (Phi) is 2.49. The van der Waals surface area contributed by atoms with E-state index in [1.165, 1.54) is 12.1 Å². The molecule has 0 spiro atoms. The molecule has 1 heterocycles. The van der Waals surface area contributed by atoms with Crippen LogP contribution in [0, 0.1) is 11.7 Å². The number of hydrogen-bond donors (Lipinski definition) is 1. The third kappa shape index (κ3) is 2.03. The molecule has 2 rings (SSSR count). The van der Waals surface area contributed by atoms with E-state index in [1.807, 2.05) is 6.92 Å². The molecular weight excluding hydrogens is 195 g/mol. The van der Waals surface area contributed by atoms with Crippen LogP contribution in [0.15, 0.2) is 29.4 Å². The van der Waals surface area contributed by atoms with Gasteiger partial charge in [0.25, 0.3) is 0 Å². The van der Waals surface area contributed by atoms with Crippen molar-refractivity contribution in [1.29, 1.82) is 0 Å². The van der Waals surface area contributed by atoms with Gasteiger partial charge in [0.1, 0.15) is 5.82 Å². The third-order valence-electron chi connectivity index (χ3n) is 2.40. The Bertz CT molecular complexity index is 411. The molecule has 0 saturated heterocycles. The highest BCUT2D eigenvalue weighted by Gasteiger charge is 2.21. The van der Waals surface area contributed by atoms with Crippen LogP contribution in [-0.4, -0.2) is 11.6 Å². The fourth-order valence-corrected chi connectivity index (χ4v) is 1.62. The van der Waals surface area contributed by atoms with Gasteiger partial charge in [-0.25, -0.2) is 9.82 Å². The van der Waals surface area contributed by atoms with E-state index in [-0.39, 0.29) is 17.6 Å². The van der Waals surface area contributed by atoms with E-state index in [9.17, 15) is 9.18 Å².